The van der Waals surface area contributed by atoms with Crippen LogP contribution in [0.5, 0.6) is 5.75 Å². The molecule has 29 heavy (non-hydrogen) atoms. The van der Waals surface area contributed by atoms with Gasteiger partial charge in [-0.2, -0.15) is 0 Å². The number of carbonyl (C=O) groups is 3. The molecule has 6 nitrogen and oxygen atoms in total. The average molecular weight is 476 g/mol. The zero-order valence-corrected chi connectivity index (χ0v) is 18.2. The molecule has 0 aliphatic carbocycles. The third-order valence-electron chi connectivity index (χ3n) is 4.24. The van der Waals surface area contributed by atoms with Crippen molar-refractivity contribution in [2.45, 2.75) is 19.6 Å². The van der Waals surface area contributed by atoms with Crippen LogP contribution in [-0.4, -0.2) is 35.2 Å². The Morgan fingerprint density at radius 1 is 1.21 bits per heavy atom. The van der Waals surface area contributed by atoms with E-state index in [1.807, 2.05) is 30.3 Å². The minimum absolute atomic E-state index is 0.246. The zero-order valence-electron chi connectivity index (χ0n) is 15.8. The number of halogens is 1. The number of esters is 1. The highest BCUT2D eigenvalue weighted by Gasteiger charge is 2.41. The fraction of sp³-hybridized carbons (Fsp3) is 0.190. The molecule has 2 amide bonds. The van der Waals surface area contributed by atoms with Gasteiger partial charge in [0.15, 0.2) is 0 Å². The number of hydrogen-bond acceptors (Lipinski definition) is 6. The van der Waals surface area contributed by atoms with Crippen molar-refractivity contribution in [2.75, 3.05) is 7.11 Å². The molecule has 1 atom stereocenters. The number of nitrogens with zero attached hydrogens (tertiary/aromatic N) is 1. The lowest BCUT2D eigenvalue weighted by atomic mass is 10.2. The maximum absolute atomic E-state index is 12.6. The van der Waals surface area contributed by atoms with Crippen LogP contribution in [0.4, 0.5) is 4.79 Å². The lowest BCUT2D eigenvalue weighted by molar-refractivity contribution is -0.148. The SMILES string of the molecule is COC(=O)[C@@H](C)N1C(=O)S/C(=C/c2ccc(OCc3ccccc3)c(Br)c2)C1=O. The molecule has 3 rings (SSSR count). The highest BCUT2D eigenvalue weighted by atomic mass is 79.9. The van der Waals surface area contributed by atoms with E-state index in [-0.39, 0.29) is 4.91 Å². The van der Waals surface area contributed by atoms with E-state index in [9.17, 15) is 14.4 Å². The van der Waals surface area contributed by atoms with E-state index < -0.39 is 23.2 Å². The molecule has 0 spiro atoms. The van der Waals surface area contributed by atoms with Crippen molar-refractivity contribution >= 4 is 50.9 Å². The summed E-state index contributed by atoms with van der Waals surface area (Å²) in [5, 5.41) is -0.499. The molecule has 8 heteroatoms. The summed E-state index contributed by atoms with van der Waals surface area (Å²) < 4.78 is 11.2. The molecule has 1 fully saturated rings. The van der Waals surface area contributed by atoms with Crippen LogP contribution in [0.3, 0.4) is 0 Å². The molecule has 0 aromatic heterocycles. The highest BCUT2D eigenvalue weighted by molar-refractivity contribution is 9.10. The second-order valence-corrected chi connectivity index (χ2v) is 8.06. The molecule has 2 aromatic carbocycles. The van der Waals surface area contributed by atoms with Crippen molar-refractivity contribution in [3.05, 3.63) is 69.0 Å². The predicted molar refractivity (Wildman–Crippen MR) is 114 cm³/mol. The molecule has 1 heterocycles. The van der Waals surface area contributed by atoms with Gasteiger partial charge in [-0.25, -0.2) is 4.79 Å². The van der Waals surface area contributed by atoms with Gasteiger partial charge in [0.25, 0.3) is 11.1 Å². The van der Waals surface area contributed by atoms with Crippen molar-refractivity contribution in [3.63, 3.8) is 0 Å². The van der Waals surface area contributed by atoms with Crippen molar-refractivity contribution in [1.82, 2.24) is 4.90 Å². The molecule has 0 N–H and O–H groups in total. The molecule has 0 saturated carbocycles. The second kappa shape index (κ2) is 9.28. The van der Waals surface area contributed by atoms with Crippen LogP contribution in [-0.2, 0) is 20.9 Å². The highest BCUT2D eigenvalue weighted by Crippen LogP contribution is 2.35. The number of imide groups is 1. The Balaban J connectivity index is 1.73. The van der Waals surface area contributed by atoms with Crippen molar-refractivity contribution in [2.24, 2.45) is 0 Å². The lowest BCUT2D eigenvalue weighted by Crippen LogP contribution is -2.42. The van der Waals surface area contributed by atoms with Crippen LogP contribution in [0.25, 0.3) is 6.08 Å². The fourth-order valence-electron chi connectivity index (χ4n) is 2.70. The average Bonchev–Trinajstić information content (AvgIpc) is 3.00. The van der Waals surface area contributed by atoms with Gasteiger partial charge in [0.2, 0.25) is 0 Å². The number of ether oxygens (including phenoxy) is 2. The van der Waals surface area contributed by atoms with E-state index in [4.69, 9.17) is 4.74 Å². The van der Waals surface area contributed by atoms with Gasteiger partial charge in [0.05, 0.1) is 16.5 Å². The van der Waals surface area contributed by atoms with Crippen LogP contribution in [0.2, 0.25) is 0 Å². The molecule has 0 unspecified atom stereocenters. The topological polar surface area (TPSA) is 72.9 Å². The smallest absolute Gasteiger partial charge is 0.328 e. The maximum Gasteiger partial charge on any atom is 0.328 e. The lowest BCUT2D eigenvalue weighted by Gasteiger charge is -2.18. The molecular formula is C21H18BrNO5S. The summed E-state index contributed by atoms with van der Waals surface area (Å²) in [6.45, 7) is 1.89. The van der Waals surface area contributed by atoms with E-state index >= 15 is 0 Å². The number of thioether (sulfide) groups is 1. The minimum atomic E-state index is -0.973. The summed E-state index contributed by atoms with van der Waals surface area (Å²) in [6, 6.07) is 14.2. The first-order valence-electron chi connectivity index (χ1n) is 8.72. The number of methoxy groups -OCH3 is 1. The number of benzene rings is 2. The zero-order chi connectivity index (χ0) is 21.0. The van der Waals surface area contributed by atoms with Crippen LogP contribution in [0.15, 0.2) is 57.9 Å². The first-order valence-corrected chi connectivity index (χ1v) is 10.3. The van der Waals surface area contributed by atoms with Crippen molar-refractivity contribution in [1.29, 1.82) is 0 Å². The second-order valence-electron chi connectivity index (χ2n) is 6.21. The summed E-state index contributed by atoms with van der Waals surface area (Å²) in [5.74, 6) is -0.493. The molecule has 2 aromatic rings. The van der Waals surface area contributed by atoms with Gasteiger partial charge in [-0.1, -0.05) is 36.4 Å². The van der Waals surface area contributed by atoms with E-state index in [1.165, 1.54) is 14.0 Å². The quantitative estimate of drug-likeness (QED) is 0.448. The Hall–Kier alpha value is -2.58. The largest absolute Gasteiger partial charge is 0.488 e. The first kappa shape index (κ1) is 21.1. The number of hydrogen-bond donors (Lipinski definition) is 0. The summed E-state index contributed by atoms with van der Waals surface area (Å²) in [4.78, 5) is 37.6. The van der Waals surface area contributed by atoms with Crippen LogP contribution >= 0.6 is 27.7 Å². The number of rotatable bonds is 6. The fourth-order valence-corrected chi connectivity index (χ4v) is 4.12. The molecule has 1 aliphatic heterocycles. The molecule has 0 bridgehead atoms. The van der Waals surface area contributed by atoms with Gasteiger partial charge in [-0.05, 0) is 64.0 Å². The standard InChI is InChI=1S/C21H18BrNO5S/c1-13(20(25)27-2)23-19(24)18(29-21(23)26)11-15-8-9-17(16(22)10-15)28-12-14-6-4-3-5-7-14/h3-11,13H,12H2,1-2H3/b18-11+/t13-/m1/s1. The normalized spacial score (nSPS) is 16.2. The Kier molecular flexibility index (Phi) is 6.76. The van der Waals surface area contributed by atoms with Crippen LogP contribution in [0.1, 0.15) is 18.1 Å². The molecule has 1 saturated heterocycles. The first-order chi connectivity index (χ1) is 13.9. The Morgan fingerprint density at radius 3 is 2.59 bits per heavy atom. The van der Waals surface area contributed by atoms with Gasteiger partial charge in [0.1, 0.15) is 18.4 Å². The van der Waals surface area contributed by atoms with Crippen LogP contribution in [0, 0.1) is 0 Å². The third-order valence-corrected chi connectivity index (χ3v) is 5.75. The van der Waals surface area contributed by atoms with Crippen LogP contribution < -0.4 is 4.74 Å². The summed E-state index contributed by atoms with van der Waals surface area (Å²) in [7, 11) is 1.21. The van der Waals surface area contributed by atoms with Gasteiger partial charge in [0, 0.05) is 0 Å². The third kappa shape index (κ3) is 4.89. The maximum atomic E-state index is 12.6. The molecule has 1 aliphatic rings. The molecular weight excluding hydrogens is 458 g/mol. The molecule has 0 radical (unpaired) electrons. The number of amides is 2. The summed E-state index contributed by atoms with van der Waals surface area (Å²) in [5.41, 5.74) is 1.78. The minimum Gasteiger partial charge on any atom is -0.488 e. The Bertz CT molecular complexity index is 976. The monoisotopic (exact) mass is 475 g/mol. The van der Waals surface area contributed by atoms with E-state index in [2.05, 4.69) is 20.7 Å². The Morgan fingerprint density at radius 2 is 1.93 bits per heavy atom. The van der Waals surface area contributed by atoms with Gasteiger partial charge in [-0.15, -0.1) is 0 Å². The number of carbonyl (C=O) groups excluding carboxylic acids is 3. The van der Waals surface area contributed by atoms with Crippen molar-refractivity contribution in [3.8, 4) is 5.75 Å². The summed E-state index contributed by atoms with van der Waals surface area (Å²) >= 11 is 4.27. The predicted octanol–water partition coefficient (Wildman–Crippen LogP) is 4.63. The van der Waals surface area contributed by atoms with E-state index in [0.29, 0.717) is 12.4 Å². The van der Waals surface area contributed by atoms with E-state index in [0.717, 1.165) is 32.3 Å². The Labute approximate surface area is 181 Å². The van der Waals surface area contributed by atoms with E-state index in [1.54, 1.807) is 24.3 Å². The van der Waals surface area contributed by atoms with Gasteiger partial charge < -0.3 is 9.47 Å². The van der Waals surface area contributed by atoms with Gasteiger partial charge in [-0.3, -0.25) is 14.5 Å². The van der Waals surface area contributed by atoms with Crippen molar-refractivity contribution < 1.29 is 23.9 Å². The summed E-state index contributed by atoms with van der Waals surface area (Å²) in [6.07, 6.45) is 1.61. The molecule has 150 valence electrons. The van der Waals surface area contributed by atoms with Gasteiger partial charge >= 0.3 is 5.97 Å².